The molecule has 116 valence electrons. The van der Waals surface area contributed by atoms with E-state index in [1.807, 2.05) is 13.8 Å². The van der Waals surface area contributed by atoms with Crippen LogP contribution < -0.4 is 4.72 Å². The average Bonchev–Trinajstić information content (AvgIpc) is 2.76. The fraction of sp³-hybridized carbons (Fsp3) is 0.692. The van der Waals surface area contributed by atoms with Gasteiger partial charge in [0.05, 0.1) is 11.5 Å². The number of methoxy groups -OCH3 is 1. The first-order valence-electron chi connectivity index (χ1n) is 6.40. The molecule has 0 saturated carbocycles. The summed E-state index contributed by atoms with van der Waals surface area (Å²) < 4.78 is 32.4. The van der Waals surface area contributed by atoms with Gasteiger partial charge in [0.25, 0.3) is 0 Å². The molecule has 1 aromatic heterocycles. The summed E-state index contributed by atoms with van der Waals surface area (Å²) in [5.74, 6) is 0. The summed E-state index contributed by atoms with van der Waals surface area (Å²) in [6.45, 7) is 6.37. The monoisotopic (exact) mass is 321 g/mol. The fourth-order valence-corrected chi connectivity index (χ4v) is 4.69. The van der Waals surface area contributed by atoms with Crippen molar-refractivity contribution in [2.75, 3.05) is 20.3 Å². The molecule has 0 fully saturated rings. The zero-order chi connectivity index (χ0) is 15.4. The molecule has 0 saturated heterocycles. The highest BCUT2D eigenvalue weighted by molar-refractivity contribution is 7.89. The molecule has 0 spiro atoms. The lowest BCUT2D eigenvalue weighted by atomic mass is 9.90. The van der Waals surface area contributed by atoms with Gasteiger partial charge in [0.1, 0.15) is 4.90 Å². The Morgan fingerprint density at radius 1 is 1.45 bits per heavy atom. The van der Waals surface area contributed by atoms with Crippen LogP contribution in [0.2, 0.25) is 0 Å². The maximum absolute atomic E-state index is 12.4. The van der Waals surface area contributed by atoms with Gasteiger partial charge in [-0.25, -0.2) is 13.1 Å². The third-order valence-electron chi connectivity index (χ3n) is 3.13. The Hall–Kier alpha value is -0.470. The fourth-order valence-electron chi connectivity index (χ4n) is 1.79. The largest absolute Gasteiger partial charge is 0.391 e. The zero-order valence-corrected chi connectivity index (χ0v) is 14.0. The molecule has 5 nitrogen and oxygen atoms in total. The van der Waals surface area contributed by atoms with Gasteiger partial charge in [-0.2, -0.15) is 0 Å². The standard InChI is InChI=1S/C13H23NO4S2/c1-10-8-19-11(7-15)12(10)20(16,17)14-9-13(2,3)5-6-18-4/h8,14-15H,5-7,9H2,1-4H3. The minimum absolute atomic E-state index is 0.188. The van der Waals surface area contributed by atoms with Crippen molar-refractivity contribution in [3.05, 3.63) is 15.8 Å². The van der Waals surface area contributed by atoms with Crippen LogP contribution in [0.15, 0.2) is 10.3 Å². The van der Waals surface area contributed by atoms with Crippen LogP contribution in [0.4, 0.5) is 0 Å². The first-order chi connectivity index (χ1) is 9.23. The van der Waals surface area contributed by atoms with Crippen molar-refractivity contribution in [2.45, 2.75) is 38.7 Å². The Bertz CT molecular complexity index is 535. The Kier molecular flexibility index (Phi) is 6.15. The highest BCUT2D eigenvalue weighted by Crippen LogP contribution is 2.27. The molecule has 20 heavy (non-hydrogen) atoms. The summed E-state index contributed by atoms with van der Waals surface area (Å²) in [6, 6.07) is 0. The second-order valence-corrected chi connectivity index (χ2v) is 8.23. The molecule has 0 aromatic carbocycles. The summed E-state index contributed by atoms with van der Waals surface area (Å²) in [5.41, 5.74) is 0.480. The van der Waals surface area contributed by atoms with Gasteiger partial charge in [0.15, 0.2) is 0 Å². The summed E-state index contributed by atoms with van der Waals surface area (Å²) in [7, 11) is -1.96. The molecule has 0 amide bonds. The molecular weight excluding hydrogens is 298 g/mol. The predicted octanol–water partition coefficient (Wildman–Crippen LogP) is 1.89. The molecule has 1 aromatic rings. The van der Waals surface area contributed by atoms with E-state index in [1.54, 1.807) is 19.4 Å². The van der Waals surface area contributed by atoms with Crippen LogP contribution in [0, 0.1) is 12.3 Å². The van der Waals surface area contributed by atoms with Crippen molar-refractivity contribution in [3.8, 4) is 0 Å². The second-order valence-electron chi connectivity index (χ2n) is 5.56. The van der Waals surface area contributed by atoms with Crippen molar-refractivity contribution in [2.24, 2.45) is 5.41 Å². The number of rotatable bonds is 8. The second kappa shape index (κ2) is 7.00. The van der Waals surface area contributed by atoms with E-state index in [2.05, 4.69) is 4.72 Å². The van der Waals surface area contributed by atoms with E-state index in [0.717, 1.165) is 6.42 Å². The number of aryl methyl sites for hydroxylation is 1. The molecule has 0 aliphatic rings. The van der Waals surface area contributed by atoms with Crippen molar-refractivity contribution in [3.63, 3.8) is 0 Å². The molecule has 1 rings (SSSR count). The predicted molar refractivity (Wildman–Crippen MR) is 80.4 cm³/mol. The van der Waals surface area contributed by atoms with Crippen LogP contribution in [-0.2, 0) is 21.4 Å². The van der Waals surface area contributed by atoms with Crippen LogP contribution in [0.3, 0.4) is 0 Å². The summed E-state index contributed by atoms with van der Waals surface area (Å²) in [6.07, 6.45) is 0.765. The van der Waals surface area contributed by atoms with Crippen LogP contribution >= 0.6 is 11.3 Å². The Morgan fingerprint density at radius 2 is 2.10 bits per heavy atom. The van der Waals surface area contributed by atoms with Crippen molar-refractivity contribution in [1.82, 2.24) is 4.72 Å². The van der Waals surface area contributed by atoms with Crippen molar-refractivity contribution in [1.29, 1.82) is 0 Å². The van der Waals surface area contributed by atoms with Crippen molar-refractivity contribution < 1.29 is 18.3 Å². The smallest absolute Gasteiger partial charge is 0.242 e. The molecule has 2 N–H and O–H groups in total. The SMILES string of the molecule is COCCC(C)(C)CNS(=O)(=O)c1c(C)csc1CO. The summed E-state index contributed by atoms with van der Waals surface area (Å²) in [5, 5.41) is 11.0. The van der Waals surface area contributed by atoms with Crippen molar-refractivity contribution >= 4 is 21.4 Å². The Morgan fingerprint density at radius 3 is 2.65 bits per heavy atom. The third kappa shape index (κ3) is 4.53. The first-order valence-corrected chi connectivity index (χ1v) is 8.76. The van der Waals surface area contributed by atoms with Crippen LogP contribution in [0.1, 0.15) is 30.7 Å². The number of thiophene rings is 1. The molecule has 7 heteroatoms. The molecular formula is C13H23NO4S2. The minimum Gasteiger partial charge on any atom is -0.391 e. The number of ether oxygens (including phenoxy) is 1. The third-order valence-corrected chi connectivity index (χ3v) is 5.97. The number of aliphatic hydroxyl groups is 1. The van der Waals surface area contributed by atoms with Gasteiger partial charge in [0, 0.05) is 20.3 Å². The quantitative estimate of drug-likeness (QED) is 0.767. The van der Waals surface area contributed by atoms with E-state index in [-0.39, 0.29) is 16.9 Å². The average molecular weight is 321 g/mol. The number of hydrogen-bond donors (Lipinski definition) is 2. The highest BCUT2D eigenvalue weighted by atomic mass is 32.2. The van der Waals surface area contributed by atoms with Gasteiger partial charge in [0.2, 0.25) is 10.0 Å². The van der Waals surface area contributed by atoms with Crippen LogP contribution in [0.25, 0.3) is 0 Å². The Balaban J connectivity index is 2.83. The summed E-state index contributed by atoms with van der Waals surface area (Å²) in [4.78, 5) is 0.692. The maximum Gasteiger partial charge on any atom is 0.242 e. The topological polar surface area (TPSA) is 75.6 Å². The molecule has 0 atom stereocenters. The Labute approximate surface area is 125 Å². The molecule has 0 bridgehead atoms. The molecule has 0 unspecified atom stereocenters. The maximum atomic E-state index is 12.4. The van der Waals surface area contributed by atoms with Crippen LogP contribution in [-0.4, -0.2) is 33.8 Å². The van der Waals surface area contributed by atoms with Gasteiger partial charge < -0.3 is 9.84 Å². The lowest BCUT2D eigenvalue weighted by Gasteiger charge is -2.24. The number of nitrogens with one attached hydrogen (secondary N) is 1. The number of aliphatic hydroxyl groups excluding tert-OH is 1. The molecule has 1 heterocycles. The highest BCUT2D eigenvalue weighted by Gasteiger charge is 2.26. The molecule has 0 aliphatic carbocycles. The number of hydrogen-bond acceptors (Lipinski definition) is 5. The lowest BCUT2D eigenvalue weighted by molar-refractivity contribution is 0.153. The normalized spacial score (nSPS) is 12.8. The van der Waals surface area contributed by atoms with E-state index >= 15 is 0 Å². The van der Waals surface area contributed by atoms with Gasteiger partial charge >= 0.3 is 0 Å². The minimum atomic E-state index is -3.59. The van der Waals surface area contributed by atoms with Gasteiger partial charge in [-0.15, -0.1) is 11.3 Å². The zero-order valence-electron chi connectivity index (χ0n) is 12.4. The van der Waals surface area contributed by atoms with E-state index < -0.39 is 10.0 Å². The van der Waals surface area contributed by atoms with E-state index in [4.69, 9.17) is 4.74 Å². The molecule has 0 aliphatic heterocycles. The summed E-state index contributed by atoms with van der Waals surface area (Å²) >= 11 is 1.26. The van der Waals surface area contributed by atoms with E-state index in [0.29, 0.717) is 23.6 Å². The van der Waals surface area contributed by atoms with E-state index in [1.165, 1.54) is 11.3 Å². The van der Waals surface area contributed by atoms with Gasteiger partial charge in [-0.05, 0) is 29.7 Å². The first kappa shape index (κ1) is 17.6. The van der Waals surface area contributed by atoms with Gasteiger partial charge in [-0.3, -0.25) is 0 Å². The van der Waals surface area contributed by atoms with Crippen LogP contribution in [0.5, 0.6) is 0 Å². The number of sulfonamides is 1. The van der Waals surface area contributed by atoms with Gasteiger partial charge in [-0.1, -0.05) is 13.8 Å². The molecule has 0 radical (unpaired) electrons. The lowest BCUT2D eigenvalue weighted by Crippen LogP contribution is -2.35. The van der Waals surface area contributed by atoms with E-state index in [9.17, 15) is 13.5 Å².